The van der Waals surface area contributed by atoms with Crippen molar-refractivity contribution in [3.8, 4) is 0 Å². The maximum atomic E-state index is 5.51. The summed E-state index contributed by atoms with van der Waals surface area (Å²) in [5.41, 5.74) is 2.87. The van der Waals surface area contributed by atoms with Crippen molar-refractivity contribution in [1.29, 1.82) is 0 Å². The van der Waals surface area contributed by atoms with Crippen LogP contribution in [0.2, 0.25) is 0 Å². The van der Waals surface area contributed by atoms with E-state index in [4.69, 9.17) is 4.74 Å². The molecule has 0 amide bonds. The fourth-order valence-corrected chi connectivity index (χ4v) is 1.92. The molecule has 0 aromatic heterocycles. The van der Waals surface area contributed by atoms with Crippen LogP contribution >= 0.6 is 0 Å². The highest BCUT2D eigenvalue weighted by Crippen LogP contribution is 2.23. The average molecular weight is 246 g/mol. The van der Waals surface area contributed by atoms with E-state index in [2.05, 4.69) is 57.2 Å². The van der Waals surface area contributed by atoms with Crippen LogP contribution in [0, 0.1) is 12.3 Å². The summed E-state index contributed by atoms with van der Waals surface area (Å²) >= 11 is 0. The molecule has 1 aromatic rings. The molecule has 0 bridgehead atoms. The van der Waals surface area contributed by atoms with Gasteiger partial charge in [-0.25, -0.2) is 0 Å². The van der Waals surface area contributed by atoms with E-state index >= 15 is 0 Å². The Balaban J connectivity index is 2.37. The quantitative estimate of drug-likeness (QED) is 0.668. The van der Waals surface area contributed by atoms with Gasteiger partial charge in [-0.3, -0.25) is 0 Å². The van der Waals surface area contributed by atoms with Crippen molar-refractivity contribution in [2.75, 3.05) is 13.2 Å². The van der Waals surface area contributed by atoms with Crippen LogP contribution in [0.4, 0.5) is 0 Å². The Kier molecular flexibility index (Phi) is 6.14. The molecule has 1 rings (SSSR count). The van der Waals surface area contributed by atoms with Gasteiger partial charge in [0.25, 0.3) is 0 Å². The molecule has 0 spiro atoms. The van der Waals surface area contributed by atoms with Gasteiger partial charge in [-0.1, -0.05) is 55.8 Å². The lowest BCUT2D eigenvalue weighted by Gasteiger charge is -2.23. The van der Waals surface area contributed by atoms with E-state index < -0.39 is 0 Å². The molecule has 0 aliphatic carbocycles. The van der Waals surface area contributed by atoms with Crippen LogP contribution in [-0.4, -0.2) is 13.2 Å². The first-order valence-electron chi connectivity index (χ1n) is 6.84. The average Bonchev–Trinajstić information content (AvgIpc) is 2.32. The molecule has 0 fully saturated rings. The number of hydrogen-bond donors (Lipinski definition) is 0. The molecule has 100 valence electrons. The fourth-order valence-electron chi connectivity index (χ4n) is 1.92. The molecule has 0 unspecified atom stereocenters. The van der Waals surface area contributed by atoms with Crippen LogP contribution < -0.4 is 0 Å². The Morgan fingerprint density at radius 3 is 2.72 bits per heavy atom. The van der Waals surface area contributed by atoms with E-state index in [-0.39, 0.29) is 5.41 Å². The van der Waals surface area contributed by atoms with Crippen LogP contribution in [0.1, 0.15) is 44.7 Å². The second kappa shape index (κ2) is 7.38. The summed E-state index contributed by atoms with van der Waals surface area (Å²) in [6.07, 6.45) is 6.75. The van der Waals surface area contributed by atoms with Crippen LogP contribution in [0.3, 0.4) is 0 Å². The first kappa shape index (κ1) is 15.0. The lowest BCUT2D eigenvalue weighted by Crippen LogP contribution is -2.18. The molecule has 1 heteroatoms. The van der Waals surface area contributed by atoms with Gasteiger partial charge in [-0.15, -0.1) is 0 Å². The van der Waals surface area contributed by atoms with Gasteiger partial charge in [0.2, 0.25) is 0 Å². The van der Waals surface area contributed by atoms with Gasteiger partial charge < -0.3 is 4.74 Å². The summed E-state index contributed by atoms with van der Waals surface area (Å²) in [5.74, 6) is 0. The molecular weight excluding hydrogens is 220 g/mol. The first-order valence-corrected chi connectivity index (χ1v) is 6.84. The van der Waals surface area contributed by atoms with Crippen LogP contribution in [0.5, 0.6) is 0 Å². The van der Waals surface area contributed by atoms with E-state index in [1.807, 2.05) is 6.92 Å². The second-order valence-electron chi connectivity index (χ2n) is 5.66. The largest absolute Gasteiger partial charge is 0.381 e. The van der Waals surface area contributed by atoms with Gasteiger partial charge >= 0.3 is 0 Å². The Bertz CT molecular complexity index is 377. The van der Waals surface area contributed by atoms with Crippen molar-refractivity contribution in [3.05, 3.63) is 41.5 Å². The Morgan fingerprint density at radius 1 is 1.28 bits per heavy atom. The maximum absolute atomic E-state index is 5.51. The smallest absolute Gasteiger partial charge is 0.0517 e. The summed E-state index contributed by atoms with van der Waals surface area (Å²) in [6, 6.07) is 8.59. The highest BCUT2D eigenvalue weighted by molar-refractivity contribution is 5.49. The summed E-state index contributed by atoms with van der Waals surface area (Å²) < 4.78 is 5.51. The predicted molar refractivity (Wildman–Crippen MR) is 79.7 cm³/mol. The molecule has 0 heterocycles. The summed E-state index contributed by atoms with van der Waals surface area (Å²) in [4.78, 5) is 0. The topological polar surface area (TPSA) is 9.23 Å². The number of allylic oxidation sites excluding steroid dienone is 1. The first-order chi connectivity index (χ1) is 8.53. The third kappa shape index (κ3) is 6.02. The van der Waals surface area contributed by atoms with E-state index in [0.29, 0.717) is 0 Å². The van der Waals surface area contributed by atoms with Crippen LogP contribution in [-0.2, 0) is 4.74 Å². The minimum absolute atomic E-state index is 0.271. The van der Waals surface area contributed by atoms with Crippen molar-refractivity contribution in [2.45, 2.75) is 40.5 Å². The minimum Gasteiger partial charge on any atom is -0.381 e. The summed E-state index contributed by atoms with van der Waals surface area (Å²) in [5, 5.41) is 0. The molecule has 0 saturated carbocycles. The second-order valence-corrected chi connectivity index (χ2v) is 5.66. The third-order valence-corrected chi connectivity index (χ3v) is 3.04. The highest BCUT2D eigenvalue weighted by Gasteiger charge is 2.16. The van der Waals surface area contributed by atoms with Crippen molar-refractivity contribution in [3.63, 3.8) is 0 Å². The molecule has 0 saturated heterocycles. The van der Waals surface area contributed by atoms with Crippen LogP contribution in [0.25, 0.3) is 6.08 Å². The van der Waals surface area contributed by atoms with Gasteiger partial charge in [-0.05, 0) is 37.7 Å². The minimum atomic E-state index is 0.271. The van der Waals surface area contributed by atoms with Crippen molar-refractivity contribution < 1.29 is 4.74 Å². The Morgan fingerprint density at radius 2 is 2.06 bits per heavy atom. The van der Waals surface area contributed by atoms with Crippen LogP contribution in [0.15, 0.2) is 30.3 Å². The van der Waals surface area contributed by atoms with Gasteiger partial charge in [0.15, 0.2) is 0 Å². The summed E-state index contributed by atoms with van der Waals surface area (Å²) in [6.45, 7) is 10.4. The van der Waals surface area contributed by atoms with E-state index in [0.717, 1.165) is 26.1 Å². The van der Waals surface area contributed by atoms with Gasteiger partial charge in [0.05, 0.1) is 6.61 Å². The monoisotopic (exact) mass is 246 g/mol. The number of ether oxygens (including phenoxy) is 1. The van der Waals surface area contributed by atoms with E-state index in [1.165, 1.54) is 11.1 Å². The standard InChI is InChI=1S/C17H26O/c1-5-18-14-17(3,4)12-7-6-10-16-11-8-9-15(2)13-16/h6,8-11,13H,5,7,12,14H2,1-4H3/b10-6+. The molecule has 0 N–H and O–H groups in total. The predicted octanol–water partition coefficient (Wildman–Crippen LogP) is 4.85. The highest BCUT2D eigenvalue weighted by atomic mass is 16.5. The Labute approximate surface area is 112 Å². The fraction of sp³-hybridized carbons (Fsp3) is 0.529. The van der Waals surface area contributed by atoms with Gasteiger partial charge in [0, 0.05) is 6.61 Å². The number of rotatable bonds is 7. The lowest BCUT2D eigenvalue weighted by molar-refractivity contribution is 0.0667. The number of aryl methyl sites for hydroxylation is 1. The lowest BCUT2D eigenvalue weighted by atomic mass is 9.89. The van der Waals surface area contributed by atoms with E-state index in [9.17, 15) is 0 Å². The van der Waals surface area contributed by atoms with Crippen molar-refractivity contribution in [1.82, 2.24) is 0 Å². The molecule has 1 nitrogen and oxygen atoms in total. The number of hydrogen-bond acceptors (Lipinski definition) is 1. The van der Waals surface area contributed by atoms with E-state index in [1.54, 1.807) is 0 Å². The molecule has 0 aliphatic heterocycles. The number of benzene rings is 1. The molecule has 18 heavy (non-hydrogen) atoms. The zero-order valence-electron chi connectivity index (χ0n) is 12.2. The SMILES string of the molecule is CCOCC(C)(C)CC/C=C/c1cccc(C)c1. The summed E-state index contributed by atoms with van der Waals surface area (Å²) in [7, 11) is 0. The molecule has 1 aromatic carbocycles. The van der Waals surface area contributed by atoms with Gasteiger partial charge in [-0.2, -0.15) is 0 Å². The van der Waals surface area contributed by atoms with Crippen molar-refractivity contribution in [2.24, 2.45) is 5.41 Å². The normalized spacial score (nSPS) is 12.2. The molecule has 0 aliphatic rings. The van der Waals surface area contributed by atoms with Crippen molar-refractivity contribution >= 4 is 6.08 Å². The maximum Gasteiger partial charge on any atom is 0.0517 e. The Hall–Kier alpha value is -1.08. The molecule has 0 radical (unpaired) electrons. The third-order valence-electron chi connectivity index (χ3n) is 3.04. The van der Waals surface area contributed by atoms with Gasteiger partial charge in [0.1, 0.15) is 0 Å². The zero-order valence-corrected chi connectivity index (χ0v) is 12.2. The zero-order chi connectivity index (χ0) is 13.4. The molecule has 0 atom stereocenters. The molecular formula is C17H26O.